The Bertz CT molecular complexity index is 154. The second kappa shape index (κ2) is 3.35. The smallest absolute Gasteiger partial charge is 0.0469 e. The Morgan fingerprint density at radius 3 is 2.42 bits per heavy atom. The van der Waals surface area contributed by atoms with Gasteiger partial charge in [0.05, 0.1) is 0 Å². The first-order valence-corrected chi connectivity index (χ1v) is 5.12. The van der Waals surface area contributed by atoms with Gasteiger partial charge in [0.25, 0.3) is 0 Å². The van der Waals surface area contributed by atoms with Gasteiger partial charge in [-0.2, -0.15) is 0 Å². The molecule has 1 aliphatic heterocycles. The van der Waals surface area contributed by atoms with Crippen molar-refractivity contribution in [2.45, 2.75) is 32.2 Å². The summed E-state index contributed by atoms with van der Waals surface area (Å²) in [5.41, 5.74) is 6.19. The van der Waals surface area contributed by atoms with Crippen LogP contribution < -0.4 is 5.73 Å². The summed E-state index contributed by atoms with van der Waals surface area (Å²) in [5.74, 6) is 2.46. The third-order valence-electron chi connectivity index (χ3n) is 3.48. The van der Waals surface area contributed by atoms with Gasteiger partial charge in [-0.3, -0.25) is 0 Å². The van der Waals surface area contributed by atoms with Crippen LogP contribution in [-0.4, -0.2) is 19.3 Å². The first-order valence-electron chi connectivity index (χ1n) is 5.12. The molecule has 0 spiro atoms. The highest BCUT2D eigenvalue weighted by atomic mass is 16.5. The van der Waals surface area contributed by atoms with E-state index in [0.717, 1.165) is 31.0 Å². The lowest BCUT2D eigenvalue weighted by Crippen LogP contribution is -2.36. The van der Waals surface area contributed by atoms with E-state index in [-0.39, 0.29) is 0 Å². The molecular weight excluding hydrogens is 150 g/mol. The van der Waals surface area contributed by atoms with E-state index in [2.05, 4.69) is 6.92 Å². The van der Waals surface area contributed by atoms with E-state index in [1.165, 1.54) is 19.3 Å². The lowest BCUT2D eigenvalue weighted by molar-refractivity contribution is 0.0555. The van der Waals surface area contributed by atoms with Crippen molar-refractivity contribution in [2.75, 3.05) is 13.2 Å². The van der Waals surface area contributed by atoms with Gasteiger partial charge in [0.1, 0.15) is 0 Å². The van der Waals surface area contributed by atoms with Gasteiger partial charge in [0.15, 0.2) is 0 Å². The maximum Gasteiger partial charge on any atom is 0.0469 e. The van der Waals surface area contributed by atoms with Crippen molar-refractivity contribution in [1.82, 2.24) is 0 Å². The minimum atomic E-state index is 0.462. The van der Waals surface area contributed by atoms with Crippen molar-refractivity contribution in [1.29, 1.82) is 0 Å². The summed E-state index contributed by atoms with van der Waals surface area (Å²) in [4.78, 5) is 0. The van der Waals surface area contributed by atoms with Crippen LogP contribution in [0.1, 0.15) is 26.2 Å². The molecule has 2 nitrogen and oxygen atoms in total. The Kier molecular flexibility index (Phi) is 2.37. The maximum absolute atomic E-state index is 6.19. The number of ether oxygens (including phenoxy) is 1. The predicted molar refractivity (Wildman–Crippen MR) is 48.8 cm³/mol. The highest BCUT2D eigenvalue weighted by molar-refractivity contribution is 4.94. The topological polar surface area (TPSA) is 35.2 Å². The molecule has 1 heterocycles. The van der Waals surface area contributed by atoms with E-state index in [9.17, 15) is 0 Å². The molecule has 0 amide bonds. The summed E-state index contributed by atoms with van der Waals surface area (Å²) >= 11 is 0. The van der Waals surface area contributed by atoms with E-state index in [4.69, 9.17) is 10.5 Å². The average Bonchev–Trinajstić information content (AvgIpc) is 2.83. The van der Waals surface area contributed by atoms with Crippen LogP contribution >= 0.6 is 0 Å². The zero-order chi connectivity index (χ0) is 8.55. The van der Waals surface area contributed by atoms with Gasteiger partial charge in [-0.15, -0.1) is 0 Å². The summed E-state index contributed by atoms with van der Waals surface area (Å²) in [7, 11) is 0. The normalized spacial score (nSPS) is 39.5. The van der Waals surface area contributed by atoms with Crippen LogP contribution in [0.25, 0.3) is 0 Å². The molecule has 12 heavy (non-hydrogen) atoms. The molecule has 2 heteroatoms. The highest BCUT2D eigenvalue weighted by Crippen LogP contribution is 2.43. The fraction of sp³-hybridized carbons (Fsp3) is 1.00. The van der Waals surface area contributed by atoms with Crippen LogP contribution in [0.4, 0.5) is 0 Å². The summed E-state index contributed by atoms with van der Waals surface area (Å²) in [6, 6.07) is 0.462. The van der Waals surface area contributed by atoms with Gasteiger partial charge in [-0.1, -0.05) is 6.92 Å². The molecule has 2 fully saturated rings. The zero-order valence-electron chi connectivity index (χ0n) is 7.83. The summed E-state index contributed by atoms with van der Waals surface area (Å²) in [6.07, 6.45) is 3.73. The minimum absolute atomic E-state index is 0.462. The number of rotatable bonds is 2. The van der Waals surface area contributed by atoms with Gasteiger partial charge < -0.3 is 10.5 Å². The Balaban J connectivity index is 1.82. The first kappa shape index (κ1) is 8.52. The van der Waals surface area contributed by atoms with Crippen LogP contribution in [0.5, 0.6) is 0 Å². The lowest BCUT2D eigenvalue weighted by Gasteiger charge is -2.27. The minimum Gasteiger partial charge on any atom is -0.381 e. The van der Waals surface area contributed by atoms with Gasteiger partial charge in [-0.25, -0.2) is 0 Å². The molecule has 0 radical (unpaired) electrons. The summed E-state index contributed by atoms with van der Waals surface area (Å²) < 4.78 is 5.32. The third kappa shape index (κ3) is 1.64. The van der Waals surface area contributed by atoms with E-state index >= 15 is 0 Å². The molecule has 0 aromatic rings. The van der Waals surface area contributed by atoms with Gasteiger partial charge in [-0.05, 0) is 37.0 Å². The van der Waals surface area contributed by atoms with Crippen LogP contribution in [-0.2, 0) is 4.74 Å². The molecular formula is C10H19NO. The monoisotopic (exact) mass is 169 g/mol. The van der Waals surface area contributed by atoms with Crippen LogP contribution in [0.3, 0.4) is 0 Å². The standard InChI is InChI=1S/C10H19NO/c1-7-6-9(7)10(11)8-2-4-12-5-3-8/h7-10H,2-6,11H2,1H3. The highest BCUT2D eigenvalue weighted by Gasteiger charge is 2.41. The molecule has 3 atom stereocenters. The van der Waals surface area contributed by atoms with Crippen LogP contribution in [0.2, 0.25) is 0 Å². The maximum atomic E-state index is 6.19. The molecule has 2 N–H and O–H groups in total. The average molecular weight is 169 g/mol. The van der Waals surface area contributed by atoms with Crippen molar-refractivity contribution in [3.63, 3.8) is 0 Å². The number of nitrogens with two attached hydrogens (primary N) is 1. The lowest BCUT2D eigenvalue weighted by atomic mass is 9.89. The molecule has 70 valence electrons. The second-order valence-corrected chi connectivity index (χ2v) is 4.40. The van der Waals surface area contributed by atoms with Crippen molar-refractivity contribution >= 4 is 0 Å². The van der Waals surface area contributed by atoms with Crippen molar-refractivity contribution < 1.29 is 4.74 Å². The SMILES string of the molecule is CC1CC1C(N)C1CCOCC1. The van der Waals surface area contributed by atoms with E-state index in [1.54, 1.807) is 0 Å². The molecule has 1 saturated heterocycles. The fourth-order valence-corrected chi connectivity index (χ4v) is 2.34. The second-order valence-electron chi connectivity index (χ2n) is 4.40. The van der Waals surface area contributed by atoms with Crippen LogP contribution in [0, 0.1) is 17.8 Å². The van der Waals surface area contributed by atoms with E-state index < -0.39 is 0 Å². The Morgan fingerprint density at radius 1 is 1.33 bits per heavy atom. The first-order chi connectivity index (χ1) is 5.79. The predicted octanol–water partition coefficient (Wildman–Crippen LogP) is 1.40. The van der Waals surface area contributed by atoms with Crippen molar-refractivity contribution in [3.8, 4) is 0 Å². The summed E-state index contributed by atoms with van der Waals surface area (Å²) in [5, 5.41) is 0. The van der Waals surface area contributed by atoms with Gasteiger partial charge in [0.2, 0.25) is 0 Å². The Morgan fingerprint density at radius 2 is 1.92 bits per heavy atom. The largest absolute Gasteiger partial charge is 0.381 e. The Hall–Kier alpha value is -0.0800. The number of hydrogen-bond acceptors (Lipinski definition) is 2. The molecule has 3 unspecified atom stereocenters. The van der Waals surface area contributed by atoms with Crippen LogP contribution in [0.15, 0.2) is 0 Å². The van der Waals surface area contributed by atoms with E-state index in [1.807, 2.05) is 0 Å². The van der Waals surface area contributed by atoms with Crippen molar-refractivity contribution in [3.05, 3.63) is 0 Å². The van der Waals surface area contributed by atoms with E-state index in [0.29, 0.717) is 6.04 Å². The molecule has 0 aromatic heterocycles. The van der Waals surface area contributed by atoms with Gasteiger partial charge in [0, 0.05) is 19.3 Å². The van der Waals surface area contributed by atoms with Crippen molar-refractivity contribution in [2.24, 2.45) is 23.5 Å². The number of hydrogen-bond donors (Lipinski definition) is 1. The fourth-order valence-electron chi connectivity index (χ4n) is 2.34. The molecule has 1 aliphatic carbocycles. The molecule has 0 aromatic carbocycles. The molecule has 0 bridgehead atoms. The molecule has 2 rings (SSSR count). The zero-order valence-corrected chi connectivity index (χ0v) is 7.83. The summed E-state index contributed by atoms with van der Waals surface area (Å²) in [6.45, 7) is 4.17. The molecule has 1 saturated carbocycles. The Labute approximate surface area is 74.5 Å². The van der Waals surface area contributed by atoms with Gasteiger partial charge >= 0.3 is 0 Å². The molecule has 2 aliphatic rings. The quantitative estimate of drug-likeness (QED) is 0.678. The third-order valence-corrected chi connectivity index (χ3v) is 3.48.